The van der Waals surface area contributed by atoms with Crippen LogP contribution in [-0.4, -0.2) is 54.4 Å². The molecule has 20 heavy (non-hydrogen) atoms. The maximum absolute atomic E-state index is 12.1. The molecule has 1 fully saturated rings. The van der Waals surface area contributed by atoms with Crippen molar-refractivity contribution in [2.45, 2.75) is 51.5 Å². The Morgan fingerprint density at radius 2 is 2.00 bits per heavy atom. The number of hydrogen-bond acceptors (Lipinski definition) is 4. The Balaban J connectivity index is 2.64. The Bertz CT molecular complexity index is 446. The number of piperidine rings is 1. The molecule has 0 aromatic heterocycles. The SMILES string of the molecule is CCCS(=O)(=O)CC(=O)N1CCCCC1CCC(=O)O. The van der Waals surface area contributed by atoms with E-state index < -0.39 is 21.6 Å². The van der Waals surface area contributed by atoms with Crippen LogP contribution in [0.2, 0.25) is 0 Å². The molecule has 0 aromatic rings. The van der Waals surface area contributed by atoms with Crippen molar-refractivity contribution in [3.05, 3.63) is 0 Å². The van der Waals surface area contributed by atoms with E-state index in [-0.39, 0.29) is 24.1 Å². The molecular formula is C13H23NO5S. The van der Waals surface area contributed by atoms with Gasteiger partial charge in [-0.25, -0.2) is 8.42 Å². The van der Waals surface area contributed by atoms with Crippen LogP contribution in [0.25, 0.3) is 0 Å². The van der Waals surface area contributed by atoms with E-state index in [1.165, 1.54) is 0 Å². The van der Waals surface area contributed by atoms with E-state index >= 15 is 0 Å². The smallest absolute Gasteiger partial charge is 0.303 e. The molecule has 0 aliphatic carbocycles. The number of aliphatic carboxylic acids is 1. The van der Waals surface area contributed by atoms with Gasteiger partial charge in [-0.15, -0.1) is 0 Å². The van der Waals surface area contributed by atoms with Crippen molar-refractivity contribution >= 4 is 21.7 Å². The molecule has 7 heteroatoms. The van der Waals surface area contributed by atoms with E-state index in [4.69, 9.17) is 5.11 Å². The van der Waals surface area contributed by atoms with Crippen LogP contribution in [-0.2, 0) is 19.4 Å². The summed E-state index contributed by atoms with van der Waals surface area (Å²) in [6, 6.07) is -0.135. The van der Waals surface area contributed by atoms with Crippen molar-refractivity contribution in [3.63, 3.8) is 0 Å². The number of carboxylic acids is 1. The average Bonchev–Trinajstić information content (AvgIpc) is 2.35. The number of nitrogens with zero attached hydrogens (tertiary/aromatic N) is 1. The van der Waals surface area contributed by atoms with Gasteiger partial charge >= 0.3 is 5.97 Å². The van der Waals surface area contributed by atoms with Gasteiger partial charge in [0, 0.05) is 19.0 Å². The van der Waals surface area contributed by atoms with Crippen LogP contribution in [0.1, 0.15) is 45.4 Å². The van der Waals surface area contributed by atoms with Crippen LogP contribution < -0.4 is 0 Å². The van der Waals surface area contributed by atoms with Crippen LogP contribution >= 0.6 is 0 Å². The zero-order valence-corrected chi connectivity index (χ0v) is 12.7. The molecule has 0 bridgehead atoms. The predicted molar refractivity (Wildman–Crippen MR) is 75.2 cm³/mol. The van der Waals surface area contributed by atoms with Crippen LogP contribution in [0, 0.1) is 0 Å². The summed E-state index contributed by atoms with van der Waals surface area (Å²) in [5, 5.41) is 8.73. The largest absolute Gasteiger partial charge is 0.481 e. The fraction of sp³-hybridized carbons (Fsp3) is 0.846. The van der Waals surface area contributed by atoms with Crippen molar-refractivity contribution in [1.29, 1.82) is 0 Å². The first kappa shape index (κ1) is 16.9. The summed E-state index contributed by atoms with van der Waals surface area (Å²) in [6.07, 6.45) is 3.47. The van der Waals surface area contributed by atoms with E-state index in [9.17, 15) is 18.0 Å². The Labute approximate surface area is 120 Å². The maximum Gasteiger partial charge on any atom is 0.303 e. The minimum atomic E-state index is -3.34. The summed E-state index contributed by atoms with van der Waals surface area (Å²) in [6.45, 7) is 2.29. The molecule has 0 aromatic carbocycles. The molecule has 1 atom stereocenters. The number of amides is 1. The highest BCUT2D eigenvalue weighted by molar-refractivity contribution is 7.92. The van der Waals surface area contributed by atoms with Crippen molar-refractivity contribution in [2.75, 3.05) is 18.1 Å². The molecule has 1 unspecified atom stereocenters. The van der Waals surface area contributed by atoms with Gasteiger partial charge in [0.2, 0.25) is 5.91 Å². The molecule has 1 rings (SSSR count). The Morgan fingerprint density at radius 1 is 1.30 bits per heavy atom. The van der Waals surface area contributed by atoms with Gasteiger partial charge in [0.15, 0.2) is 9.84 Å². The lowest BCUT2D eigenvalue weighted by atomic mass is 9.98. The Kier molecular flexibility index (Phi) is 6.45. The summed E-state index contributed by atoms with van der Waals surface area (Å²) in [4.78, 5) is 24.3. The minimum Gasteiger partial charge on any atom is -0.481 e. The van der Waals surface area contributed by atoms with Crippen LogP contribution in [0.15, 0.2) is 0 Å². The molecule has 1 aliphatic rings. The number of sulfone groups is 1. The van der Waals surface area contributed by atoms with E-state index in [2.05, 4.69) is 0 Å². The third-order valence-corrected chi connectivity index (χ3v) is 5.21. The quantitative estimate of drug-likeness (QED) is 0.759. The summed E-state index contributed by atoms with van der Waals surface area (Å²) in [5.41, 5.74) is 0. The normalized spacial score (nSPS) is 19.9. The number of carbonyl (C=O) groups excluding carboxylic acids is 1. The second kappa shape index (κ2) is 7.61. The molecule has 0 spiro atoms. The fourth-order valence-corrected chi connectivity index (χ4v) is 3.88. The molecular weight excluding hydrogens is 282 g/mol. The first-order valence-corrected chi connectivity index (χ1v) is 8.89. The third-order valence-electron chi connectivity index (χ3n) is 3.50. The van der Waals surface area contributed by atoms with E-state index in [0.29, 0.717) is 19.4 Å². The Morgan fingerprint density at radius 3 is 2.60 bits per heavy atom. The van der Waals surface area contributed by atoms with Crippen LogP contribution in [0.5, 0.6) is 0 Å². The summed E-state index contributed by atoms with van der Waals surface area (Å²) in [5.74, 6) is -1.70. The van der Waals surface area contributed by atoms with Crippen molar-refractivity contribution in [1.82, 2.24) is 4.90 Å². The number of carboxylic acid groups (broad SMARTS) is 1. The van der Waals surface area contributed by atoms with Crippen LogP contribution in [0.3, 0.4) is 0 Å². The second-order valence-electron chi connectivity index (χ2n) is 5.26. The summed E-state index contributed by atoms with van der Waals surface area (Å²) >= 11 is 0. The van der Waals surface area contributed by atoms with E-state index in [1.54, 1.807) is 11.8 Å². The number of likely N-dealkylation sites (tertiary alicyclic amines) is 1. The van der Waals surface area contributed by atoms with Gasteiger partial charge in [-0.3, -0.25) is 9.59 Å². The van der Waals surface area contributed by atoms with Gasteiger partial charge in [0.05, 0.1) is 5.75 Å². The highest BCUT2D eigenvalue weighted by Crippen LogP contribution is 2.21. The topological polar surface area (TPSA) is 91.8 Å². The number of hydrogen-bond donors (Lipinski definition) is 1. The monoisotopic (exact) mass is 305 g/mol. The minimum absolute atomic E-state index is 0.0101. The van der Waals surface area contributed by atoms with Crippen LogP contribution in [0.4, 0.5) is 0 Å². The molecule has 1 amide bonds. The van der Waals surface area contributed by atoms with Crippen molar-refractivity contribution in [2.24, 2.45) is 0 Å². The zero-order chi connectivity index (χ0) is 15.2. The fourth-order valence-electron chi connectivity index (χ4n) is 2.57. The van der Waals surface area contributed by atoms with Gasteiger partial charge in [-0.1, -0.05) is 6.92 Å². The Hall–Kier alpha value is -1.11. The van der Waals surface area contributed by atoms with Gasteiger partial charge < -0.3 is 10.0 Å². The predicted octanol–water partition coefficient (Wildman–Crippen LogP) is 1.06. The van der Waals surface area contributed by atoms with Gasteiger partial charge in [-0.05, 0) is 32.1 Å². The van der Waals surface area contributed by atoms with Crippen molar-refractivity contribution in [3.8, 4) is 0 Å². The van der Waals surface area contributed by atoms with Gasteiger partial charge in [0.25, 0.3) is 0 Å². The zero-order valence-electron chi connectivity index (χ0n) is 11.9. The van der Waals surface area contributed by atoms with E-state index in [1.807, 2.05) is 0 Å². The standard InChI is InChI=1S/C13H23NO5S/c1-2-9-20(18,19)10-12(15)14-8-4-3-5-11(14)6-7-13(16)17/h11H,2-10H2,1H3,(H,16,17). The lowest BCUT2D eigenvalue weighted by molar-refractivity contribution is -0.139. The summed E-state index contributed by atoms with van der Waals surface area (Å²) < 4.78 is 23.4. The average molecular weight is 305 g/mol. The maximum atomic E-state index is 12.1. The van der Waals surface area contributed by atoms with Gasteiger partial charge in [0.1, 0.15) is 5.75 Å². The highest BCUT2D eigenvalue weighted by atomic mass is 32.2. The lowest BCUT2D eigenvalue weighted by Crippen LogP contribution is -2.46. The molecule has 1 saturated heterocycles. The molecule has 0 radical (unpaired) electrons. The third kappa shape index (κ3) is 5.48. The molecule has 116 valence electrons. The van der Waals surface area contributed by atoms with Crippen molar-refractivity contribution < 1.29 is 23.1 Å². The highest BCUT2D eigenvalue weighted by Gasteiger charge is 2.29. The molecule has 6 nitrogen and oxygen atoms in total. The molecule has 0 saturated carbocycles. The second-order valence-corrected chi connectivity index (χ2v) is 7.45. The first-order chi connectivity index (χ1) is 9.35. The van der Waals surface area contributed by atoms with E-state index in [0.717, 1.165) is 19.3 Å². The molecule has 1 N–H and O–H groups in total. The van der Waals surface area contributed by atoms with Gasteiger partial charge in [-0.2, -0.15) is 0 Å². The molecule has 1 aliphatic heterocycles. The lowest BCUT2D eigenvalue weighted by Gasteiger charge is -2.35. The summed E-state index contributed by atoms with van der Waals surface area (Å²) in [7, 11) is -3.34. The number of rotatable bonds is 7. The molecule has 1 heterocycles. The first-order valence-electron chi connectivity index (χ1n) is 7.07. The number of carbonyl (C=O) groups is 2.